The summed E-state index contributed by atoms with van der Waals surface area (Å²) < 4.78 is 2.41. The molecule has 0 amide bonds. The molecule has 3 heterocycles. The Balaban J connectivity index is 1.01. The summed E-state index contributed by atoms with van der Waals surface area (Å²) in [6.45, 7) is 2.14. The molecule has 1 aliphatic carbocycles. The van der Waals surface area contributed by atoms with Crippen LogP contribution in [0.15, 0.2) is 206 Å². The summed E-state index contributed by atoms with van der Waals surface area (Å²) in [6.07, 6.45) is 9.12. The minimum Gasteiger partial charge on any atom is -0.333 e. The van der Waals surface area contributed by atoms with Gasteiger partial charge in [-0.2, -0.15) is 0 Å². The number of rotatable bonds is 6. The van der Waals surface area contributed by atoms with Crippen molar-refractivity contribution in [2.75, 3.05) is 4.90 Å². The van der Waals surface area contributed by atoms with E-state index in [9.17, 15) is 0 Å². The van der Waals surface area contributed by atoms with Gasteiger partial charge < -0.3 is 9.47 Å². The first-order chi connectivity index (χ1) is 28.2. The van der Waals surface area contributed by atoms with E-state index in [-0.39, 0.29) is 12.0 Å². The molecule has 3 nitrogen and oxygen atoms in total. The number of hydrogen-bond acceptors (Lipinski definition) is 2. The van der Waals surface area contributed by atoms with Crippen LogP contribution in [0, 0.1) is 6.92 Å². The van der Waals surface area contributed by atoms with E-state index < -0.39 is 0 Å². The lowest BCUT2D eigenvalue weighted by molar-refractivity contribution is 0.745. The van der Waals surface area contributed by atoms with Crippen LogP contribution < -0.4 is 4.90 Å². The van der Waals surface area contributed by atoms with Crippen molar-refractivity contribution in [2.24, 2.45) is 0 Å². The number of para-hydroxylation sites is 1. The molecule has 9 aromatic rings. The summed E-state index contributed by atoms with van der Waals surface area (Å²) in [4.78, 5) is 7.78. The predicted octanol–water partition coefficient (Wildman–Crippen LogP) is 13.9. The standard InChI is InChI=1S/C54H39N3/c1-36-23-27-43(28-24-36)56-51-21-10-8-19-45(51)47-29-25-40(35-54(47)56)39-26-30-53-48(32-39)46-20-9-11-22-52(46)57(53)44-18-12-17-41(31-44)50-34-42(37-13-4-2-5-14-37)33-49(55-50)38-15-6-3-7-16-38/h2-35,46,52H,1H3. The molecule has 0 bridgehead atoms. The maximum atomic E-state index is 5.26. The van der Waals surface area contributed by atoms with Crippen molar-refractivity contribution in [3.8, 4) is 50.5 Å². The Morgan fingerprint density at radius 2 is 1.11 bits per heavy atom. The number of fused-ring (bicyclic) bond motifs is 6. The Morgan fingerprint density at radius 3 is 1.93 bits per heavy atom. The number of hydrogen-bond donors (Lipinski definition) is 0. The lowest BCUT2D eigenvalue weighted by Crippen LogP contribution is -2.28. The highest BCUT2D eigenvalue weighted by atomic mass is 15.2. The molecule has 2 atom stereocenters. The SMILES string of the molecule is Cc1ccc(-n2c3ccccc3c3ccc(-c4ccc5c(c4)C4C=CC=CC4N5c4cccc(-c5cc(-c6ccccc6)cc(-c6ccccc6)n5)c4)cc32)cc1. The Labute approximate surface area is 333 Å². The third-order valence-electron chi connectivity index (χ3n) is 11.8. The second-order valence-corrected chi connectivity index (χ2v) is 15.3. The van der Waals surface area contributed by atoms with Gasteiger partial charge in [0.2, 0.25) is 0 Å². The lowest BCUT2D eigenvalue weighted by Gasteiger charge is -2.29. The van der Waals surface area contributed by atoms with Crippen molar-refractivity contribution >= 4 is 33.2 Å². The number of anilines is 2. The van der Waals surface area contributed by atoms with Gasteiger partial charge >= 0.3 is 0 Å². The average molecular weight is 730 g/mol. The molecule has 0 N–H and O–H groups in total. The maximum absolute atomic E-state index is 5.26. The number of nitrogens with zero attached hydrogens (tertiary/aromatic N) is 3. The Kier molecular flexibility index (Phi) is 7.85. The van der Waals surface area contributed by atoms with E-state index in [0.29, 0.717) is 0 Å². The second-order valence-electron chi connectivity index (χ2n) is 15.3. The van der Waals surface area contributed by atoms with E-state index in [1.54, 1.807) is 0 Å². The van der Waals surface area contributed by atoms with Gasteiger partial charge in [-0.05, 0) is 95.4 Å². The molecule has 0 saturated carbocycles. The third kappa shape index (κ3) is 5.70. The van der Waals surface area contributed by atoms with E-state index in [4.69, 9.17) is 4.98 Å². The van der Waals surface area contributed by atoms with Crippen molar-refractivity contribution in [2.45, 2.75) is 18.9 Å². The molecule has 1 aliphatic heterocycles. The summed E-state index contributed by atoms with van der Waals surface area (Å²) in [7, 11) is 0. The summed E-state index contributed by atoms with van der Waals surface area (Å²) >= 11 is 0. The molecule has 0 spiro atoms. The van der Waals surface area contributed by atoms with Gasteiger partial charge in [0.05, 0.1) is 28.5 Å². The molecule has 3 heteroatoms. The van der Waals surface area contributed by atoms with Crippen LogP contribution in [0.3, 0.4) is 0 Å². The molecule has 57 heavy (non-hydrogen) atoms. The van der Waals surface area contributed by atoms with Crippen molar-refractivity contribution < 1.29 is 0 Å². The lowest BCUT2D eigenvalue weighted by atomic mass is 9.89. The van der Waals surface area contributed by atoms with Gasteiger partial charge in [-0.25, -0.2) is 4.98 Å². The van der Waals surface area contributed by atoms with E-state index >= 15 is 0 Å². The minimum absolute atomic E-state index is 0.172. The highest BCUT2D eigenvalue weighted by molar-refractivity contribution is 6.10. The third-order valence-corrected chi connectivity index (χ3v) is 11.8. The number of aromatic nitrogens is 2. The number of pyridine rings is 1. The fraction of sp³-hybridized carbons (Fsp3) is 0.0556. The van der Waals surface area contributed by atoms with E-state index in [1.165, 1.54) is 61.0 Å². The monoisotopic (exact) mass is 729 g/mol. The van der Waals surface area contributed by atoms with Gasteiger partial charge in [0.15, 0.2) is 0 Å². The number of allylic oxidation sites excluding steroid dienone is 2. The predicted molar refractivity (Wildman–Crippen MR) is 238 cm³/mol. The van der Waals surface area contributed by atoms with Crippen LogP contribution in [0.4, 0.5) is 11.4 Å². The highest BCUT2D eigenvalue weighted by Gasteiger charge is 2.37. The first kappa shape index (κ1) is 33.1. The molecular formula is C54H39N3. The molecule has 2 aliphatic rings. The van der Waals surface area contributed by atoms with Crippen molar-refractivity contribution in [1.82, 2.24) is 9.55 Å². The highest BCUT2D eigenvalue weighted by Crippen LogP contribution is 2.49. The maximum Gasteiger partial charge on any atom is 0.0716 e. The molecule has 11 rings (SSSR count). The molecule has 0 fully saturated rings. The largest absolute Gasteiger partial charge is 0.333 e. The molecule has 7 aromatic carbocycles. The molecule has 0 radical (unpaired) electrons. The molecule has 2 aromatic heterocycles. The van der Waals surface area contributed by atoms with Gasteiger partial charge in [-0.1, -0.05) is 151 Å². The van der Waals surface area contributed by atoms with Gasteiger partial charge in [0.25, 0.3) is 0 Å². The molecular weight excluding hydrogens is 691 g/mol. The zero-order valence-corrected chi connectivity index (χ0v) is 31.6. The molecule has 0 saturated heterocycles. The van der Waals surface area contributed by atoms with Gasteiger partial charge in [-0.3, -0.25) is 0 Å². The van der Waals surface area contributed by atoms with Gasteiger partial charge in [0.1, 0.15) is 0 Å². The first-order valence-electron chi connectivity index (χ1n) is 19.8. The second kappa shape index (κ2) is 13.5. The molecule has 270 valence electrons. The van der Waals surface area contributed by atoms with Crippen LogP contribution in [0.25, 0.3) is 72.3 Å². The molecule has 2 unspecified atom stereocenters. The van der Waals surface area contributed by atoms with Gasteiger partial charge in [0, 0.05) is 44.9 Å². The smallest absolute Gasteiger partial charge is 0.0716 e. The van der Waals surface area contributed by atoms with E-state index in [2.05, 4.69) is 223 Å². The number of benzene rings is 7. The fourth-order valence-corrected chi connectivity index (χ4v) is 8.99. The van der Waals surface area contributed by atoms with Crippen LogP contribution in [-0.2, 0) is 0 Å². The van der Waals surface area contributed by atoms with Crippen LogP contribution in [0.5, 0.6) is 0 Å². The van der Waals surface area contributed by atoms with E-state index in [0.717, 1.165) is 33.8 Å². The van der Waals surface area contributed by atoms with Crippen molar-refractivity contribution in [3.05, 3.63) is 217 Å². The Morgan fingerprint density at radius 1 is 0.439 bits per heavy atom. The Bertz CT molecular complexity index is 2970. The van der Waals surface area contributed by atoms with Crippen LogP contribution in [0.1, 0.15) is 17.0 Å². The Hall–Kier alpha value is -7.23. The van der Waals surface area contributed by atoms with Crippen LogP contribution >= 0.6 is 0 Å². The topological polar surface area (TPSA) is 21.1 Å². The average Bonchev–Trinajstić information content (AvgIpc) is 3.79. The van der Waals surface area contributed by atoms with Gasteiger partial charge in [-0.15, -0.1) is 0 Å². The quantitative estimate of drug-likeness (QED) is 0.170. The summed E-state index contributed by atoms with van der Waals surface area (Å²) in [5.74, 6) is 0.237. The van der Waals surface area contributed by atoms with E-state index in [1.807, 2.05) is 0 Å². The summed E-state index contributed by atoms with van der Waals surface area (Å²) in [6, 6.07) is 66.3. The summed E-state index contributed by atoms with van der Waals surface area (Å²) in [5, 5.41) is 2.54. The number of aryl methyl sites for hydroxylation is 1. The van der Waals surface area contributed by atoms with Crippen molar-refractivity contribution in [1.29, 1.82) is 0 Å². The fourth-order valence-electron chi connectivity index (χ4n) is 8.99. The van der Waals surface area contributed by atoms with Crippen LogP contribution in [0.2, 0.25) is 0 Å². The van der Waals surface area contributed by atoms with Crippen molar-refractivity contribution in [3.63, 3.8) is 0 Å². The zero-order valence-electron chi connectivity index (χ0n) is 31.6. The minimum atomic E-state index is 0.172. The summed E-state index contributed by atoms with van der Waals surface area (Å²) in [5.41, 5.74) is 17.5. The first-order valence-corrected chi connectivity index (χ1v) is 19.8. The van der Waals surface area contributed by atoms with Crippen LogP contribution in [-0.4, -0.2) is 15.6 Å². The normalized spacial score (nSPS) is 15.6. The zero-order chi connectivity index (χ0) is 37.9.